The molecule has 23 heavy (non-hydrogen) atoms. The van der Waals surface area contributed by atoms with E-state index in [2.05, 4.69) is 36.2 Å². The first kappa shape index (κ1) is 17.5. The van der Waals surface area contributed by atoms with E-state index in [1.807, 2.05) is 38.1 Å². The molecular weight excluding hydrogens is 286 g/mol. The van der Waals surface area contributed by atoms with Crippen LogP contribution in [0.5, 0.6) is 5.75 Å². The first-order valence-corrected chi connectivity index (χ1v) is 8.24. The number of benzene rings is 2. The standard InChI is InChI=1S/C20H27NO2/c1-4-23-20-11-10-16(2)14-18(20)19(22)12-13-21(3)15-17-8-6-5-7-9-17/h5-11,14,19,22H,4,12-13,15H2,1-3H3. The monoisotopic (exact) mass is 313 g/mol. The van der Waals surface area contributed by atoms with Gasteiger partial charge in [0.1, 0.15) is 5.75 Å². The molecule has 1 atom stereocenters. The molecule has 0 bridgehead atoms. The summed E-state index contributed by atoms with van der Waals surface area (Å²) in [5.41, 5.74) is 3.31. The van der Waals surface area contributed by atoms with Crippen molar-refractivity contribution in [2.45, 2.75) is 32.9 Å². The highest BCUT2D eigenvalue weighted by atomic mass is 16.5. The van der Waals surface area contributed by atoms with Crippen molar-refractivity contribution < 1.29 is 9.84 Å². The largest absolute Gasteiger partial charge is 0.493 e. The molecule has 0 saturated carbocycles. The Morgan fingerprint density at radius 1 is 1.13 bits per heavy atom. The first-order chi connectivity index (χ1) is 11.1. The lowest BCUT2D eigenvalue weighted by Crippen LogP contribution is -2.21. The lowest BCUT2D eigenvalue weighted by Gasteiger charge is -2.21. The molecule has 0 heterocycles. The van der Waals surface area contributed by atoms with Crippen molar-refractivity contribution in [3.8, 4) is 5.75 Å². The van der Waals surface area contributed by atoms with Crippen LogP contribution >= 0.6 is 0 Å². The molecule has 0 fully saturated rings. The SMILES string of the molecule is CCOc1ccc(C)cc1C(O)CCN(C)Cc1ccccc1. The molecule has 0 amide bonds. The van der Waals surface area contributed by atoms with Crippen LogP contribution in [0.1, 0.15) is 36.1 Å². The number of hydrogen-bond donors (Lipinski definition) is 1. The van der Waals surface area contributed by atoms with Gasteiger partial charge in [-0.1, -0.05) is 42.0 Å². The summed E-state index contributed by atoms with van der Waals surface area (Å²) in [5, 5.41) is 10.6. The molecule has 1 N–H and O–H groups in total. The van der Waals surface area contributed by atoms with Gasteiger partial charge < -0.3 is 14.7 Å². The number of aryl methyl sites for hydroxylation is 1. The smallest absolute Gasteiger partial charge is 0.125 e. The molecule has 0 aliphatic rings. The molecular formula is C20H27NO2. The minimum absolute atomic E-state index is 0.505. The van der Waals surface area contributed by atoms with E-state index in [1.54, 1.807) is 0 Å². The Hall–Kier alpha value is -1.84. The predicted octanol–water partition coefficient (Wildman–Crippen LogP) is 3.95. The number of aliphatic hydroxyl groups excluding tert-OH is 1. The molecule has 0 aromatic heterocycles. The van der Waals surface area contributed by atoms with Crippen molar-refractivity contribution in [2.75, 3.05) is 20.2 Å². The Morgan fingerprint density at radius 3 is 2.57 bits per heavy atom. The molecule has 124 valence electrons. The van der Waals surface area contributed by atoms with Gasteiger partial charge in [-0.2, -0.15) is 0 Å². The van der Waals surface area contributed by atoms with Gasteiger partial charge in [-0.25, -0.2) is 0 Å². The second kappa shape index (κ2) is 8.70. The molecule has 1 unspecified atom stereocenters. The van der Waals surface area contributed by atoms with E-state index in [0.29, 0.717) is 13.0 Å². The Balaban J connectivity index is 1.94. The van der Waals surface area contributed by atoms with Gasteiger partial charge in [-0.3, -0.25) is 0 Å². The van der Waals surface area contributed by atoms with Crippen molar-refractivity contribution in [1.29, 1.82) is 0 Å². The third-order valence-electron chi connectivity index (χ3n) is 3.90. The second-order valence-electron chi connectivity index (χ2n) is 6.00. The Morgan fingerprint density at radius 2 is 1.87 bits per heavy atom. The van der Waals surface area contributed by atoms with Crippen molar-refractivity contribution >= 4 is 0 Å². The minimum Gasteiger partial charge on any atom is -0.493 e. The van der Waals surface area contributed by atoms with Crippen LogP contribution in [-0.4, -0.2) is 30.2 Å². The van der Waals surface area contributed by atoms with Crippen LogP contribution < -0.4 is 4.74 Å². The normalized spacial score (nSPS) is 12.4. The van der Waals surface area contributed by atoms with Crippen LogP contribution in [0.15, 0.2) is 48.5 Å². The fourth-order valence-electron chi connectivity index (χ4n) is 2.69. The van der Waals surface area contributed by atoms with Crippen LogP contribution in [0, 0.1) is 6.92 Å². The summed E-state index contributed by atoms with van der Waals surface area (Å²) in [6.07, 6.45) is 0.182. The molecule has 0 radical (unpaired) electrons. The zero-order valence-corrected chi connectivity index (χ0v) is 14.3. The molecule has 2 aromatic carbocycles. The average Bonchev–Trinajstić information content (AvgIpc) is 2.55. The summed E-state index contributed by atoms with van der Waals surface area (Å²) in [7, 11) is 2.08. The van der Waals surface area contributed by atoms with Gasteiger partial charge in [0.15, 0.2) is 0 Å². The van der Waals surface area contributed by atoms with Crippen LogP contribution in [-0.2, 0) is 6.54 Å². The maximum Gasteiger partial charge on any atom is 0.125 e. The highest BCUT2D eigenvalue weighted by molar-refractivity contribution is 5.38. The van der Waals surface area contributed by atoms with Crippen LogP contribution in [0.2, 0.25) is 0 Å². The molecule has 0 spiro atoms. The number of rotatable bonds is 8. The summed E-state index contributed by atoms with van der Waals surface area (Å²) >= 11 is 0. The molecule has 0 saturated heterocycles. The number of nitrogens with zero attached hydrogens (tertiary/aromatic N) is 1. The highest BCUT2D eigenvalue weighted by Gasteiger charge is 2.14. The van der Waals surface area contributed by atoms with E-state index in [4.69, 9.17) is 4.74 Å². The van der Waals surface area contributed by atoms with E-state index in [0.717, 1.165) is 30.0 Å². The second-order valence-corrected chi connectivity index (χ2v) is 6.00. The van der Waals surface area contributed by atoms with Crippen molar-refractivity contribution in [2.24, 2.45) is 0 Å². The first-order valence-electron chi connectivity index (χ1n) is 8.24. The summed E-state index contributed by atoms with van der Waals surface area (Å²) in [5.74, 6) is 0.788. The Labute approximate surface area is 139 Å². The van der Waals surface area contributed by atoms with Crippen LogP contribution in [0.3, 0.4) is 0 Å². The van der Waals surface area contributed by atoms with Crippen LogP contribution in [0.4, 0.5) is 0 Å². The van der Waals surface area contributed by atoms with Gasteiger partial charge in [-0.05, 0) is 45.0 Å². The number of ether oxygens (including phenoxy) is 1. The molecule has 2 aromatic rings. The van der Waals surface area contributed by atoms with E-state index in [9.17, 15) is 5.11 Å². The van der Waals surface area contributed by atoms with Gasteiger partial charge in [0.05, 0.1) is 12.7 Å². The lowest BCUT2D eigenvalue weighted by molar-refractivity contribution is 0.143. The van der Waals surface area contributed by atoms with Crippen molar-refractivity contribution in [3.05, 3.63) is 65.2 Å². The zero-order chi connectivity index (χ0) is 16.7. The van der Waals surface area contributed by atoms with E-state index < -0.39 is 6.10 Å². The van der Waals surface area contributed by atoms with Crippen molar-refractivity contribution in [1.82, 2.24) is 4.90 Å². The third-order valence-corrected chi connectivity index (χ3v) is 3.90. The lowest BCUT2D eigenvalue weighted by atomic mass is 10.0. The minimum atomic E-state index is -0.505. The third kappa shape index (κ3) is 5.38. The summed E-state index contributed by atoms with van der Waals surface area (Å²) in [4.78, 5) is 2.23. The maximum absolute atomic E-state index is 10.6. The molecule has 2 rings (SSSR count). The van der Waals surface area contributed by atoms with Gasteiger partial charge in [-0.15, -0.1) is 0 Å². The van der Waals surface area contributed by atoms with Gasteiger partial charge in [0, 0.05) is 18.7 Å². The molecule has 0 aliphatic heterocycles. The van der Waals surface area contributed by atoms with Gasteiger partial charge in [0.2, 0.25) is 0 Å². The quantitative estimate of drug-likeness (QED) is 0.801. The average molecular weight is 313 g/mol. The number of aliphatic hydroxyl groups is 1. The topological polar surface area (TPSA) is 32.7 Å². The number of hydrogen-bond acceptors (Lipinski definition) is 3. The molecule has 0 aliphatic carbocycles. The predicted molar refractivity (Wildman–Crippen MR) is 94.7 cm³/mol. The van der Waals surface area contributed by atoms with Gasteiger partial charge in [0.25, 0.3) is 0 Å². The summed E-state index contributed by atoms with van der Waals surface area (Å²) < 4.78 is 5.64. The van der Waals surface area contributed by atoms with Crippen LogP contribution in [0.25, 0.3) is 0 Å². The maximum atomic E-state index is 10.6. The molecule has 3 heteroatoms. The molecule has 3 nitrogen and oxygen atoms in total. The zero-order valence-electron chi connectivity index (χ0n) is 14.3. The van der Waals surface area contributed by atoms with Gasteiger partial charge >= 0.3 is 0 Å². The van der Waals surface area contributed by atoms with E-state index in [-0.39, 0.29) is 0 Å². The Kier molecular flexibility index (Phi) is 6.63. The summed E-state index contributed by atoms with van der Waals surface area (Å²) in [6.45, 7) is 6.32. The fraction of sp³-hybridized carbons (Fsp3) is 0.400. The summed E-state index contributed by atoms with van der Waals surface area (Å²) in [6, 6.07) is 16.4. The Bertz CT molecular complexity index is 598. The van der Waals surface area contributed by atoms with E-state index >= 15 is 0 Å². The highest BCUT2D eigenvalue weighted by Crippen LogP contribution is 2.28. The van der Waals surface area contributed by atoms with E-state index in [1.165, 1.54) is 5.56 Å². The van der Waals surface area contributed by atoms with Crippen molar-refractivity contribution in [3.63, 3.8) is 0 Å². The fourth-order valence-corrected chi connectivity index (χ4v) is 2.69.